The van der Waals surface area contributed by atoms with Gasteiger partial charge >= 0.3 is 12.1 Å². The van der Waals surface area contributed by atoms with Gasteiger partial charge in [0.15, 0.2) is 0 Å². The molecule has 10 nitrogen and oxygen atoms in total. The van der Waals surface area contributed by atoms with Crippen LogP contribution in [0.2, 0.25) is 0 Å². The number of ether oxygens (including phenoxy) is 3. The molecule has 0 bridgehead atoms. The van der Waals surface area contributed by atoms with Gasteiger partial charge in [0.25, 0.3) is 0 Å². The smallest absolute Gasteiger partial charge is 0.465 e. The molecule has 0 unspecified atom stereocenters. The zero-order valence-corrected chi connectivity index (χ0v) is 19.0. The van der Waals surface area contributed by atoms with Gasteiger partial charge < -0.3 is 23.9 Å². The van der Waals surface area contributed by atoms with E-state index in [0.717, 1.165) is 5.56 Å². The maximum absolute atomic E-state index is 11.8. The third kappa shape index (κ3) is 6.30. The molecule has 0 atom stereocenters. The van der Waals surface area contributed by atoms with Crippen LogP contribution in [-0.2, 0) is 14.3 Å². The lowest BCUT2D eigenvalue weighted by molar-refractivity contribution is -0.144. The Morgan fingerprint density at radius 2 is 1.78 bits per heavy atom. The number of nitrogens with zero attached hydrogens (tertiary/aromatic N) is 4. The highest BCUT2D eigenvalue weighted by molar-refractivity contribution is 5.89. The molecule has 0 aliphatic carbocycles. The van der Waals surface area contributed by atoms with Crippen molar-refractivity contribution in [3.05, 3.63) is 41.6 Å². The number of aromatic nitrogens is 2. The van der Waals surface area contributed by atoms with Crippen LogP contribution in [0.4, 0.5) is 10.7 Å². The van der Waals surface area contributed by atoms with Crippen molar-refractivity contribution >= 4 is 18.1 Å². The number of hydroxylamine groups is 2. The average molecular weight is 444 g/mol. The van der Waals surface area contributed by atoms with Crippen LogP contribution in [0.5, 0.6) is 11.6 Å². The number of carbonyl (C=O) groups is 2. The standard InChI is InChI=1S/C22H28N4O6/c1-15-6-7-16(19(27)29-5)14-17(15)30-18-8-9-23-20(24-18)25-10-12-26(13-11-25)32-21(28)31-22(2,3)4/h6-9,14H,10-13H2,1-5H3. The van der Waals surface area contributed by atoms with E-state index in [9.17, 15) is 9.59 Å². The highest BCUT2D eigenvalue weighted by Gasteiger charge is 2.25. The molecule has 32 heavy (non-hydrogen) atoms. The van der Waals surface area contributed by atoms with Crippen molar-refractivity contribution in [1.82, 2.24) is 15.0 Å². The number of benzene rings is 1. The number of rotatable bonds is 5. The fourth-order valence-electron chi connectivity index (χ4n) is 2.96. The molecule has 2 aromatic rings. The fourth-order valence-corrected chi connectivity index (χ4v) is 2.96. The Morgan fingerprint density at radius 1 is 1.06 bits per heavy atom. The summed E-state index contributed by atoms with van der Waals surface area (Å²) >= 11 is 0. The summed E-state index contributed by atoms with van der Waals surface area (Å²) in [5.74, 6) is 0.923. The molecule has 1 aromatic heterocycles. The molecule has 1 aliphatic heterocycles. The highest BCUT2D eigenvalue weighted by atomic mass is 16.8. The molecule has 1 fully saturated rings. The second-order valence-corrected chi connectivity index (χ2v) is 8.24. The SMILES string of the molecule is COC(=O)c1ccc(C)c(Oc2ccnc(N3CCN(OC(=O)OC(C)(C)C)CC3)n2)c1. The number of hydrogen-bond acceptors (Lipinski definition) is 10. The van der Waals surface area contributed by atoms with Gasteiger partial charge in [-0.25, -0.2) is 14.6 Å². The normalized spacial score (nSPS) is 14.6. The van der Waals surface area contributed by atoms with E-state index in [0.29, 0.717) is 49.3 Å². The first-order valence-corrected chi connectivity index (χ1v) is 10.3. The molecule has 1 aromatic carbocycles. The van der Waals surface area contributed by atoms with Crippen molar-refractivity contribution in [1.29, 1.82) is 0 Å². The maximum atomic E-state index is 11.8. The van der Waals surface area contributed by atoms with Gasteiger partial charge in [0.1, 0.15) is 11.4 Å². The van der Waals surface area contributed by atoms with E-state index in [4.69, 9.17) is 19.0 Å². The van der Waals surface area contributed by atoms with Gasteiger partial charge in [-0.2, -0.15) is 4.98 Å². The molecular formula is C22H28N4O6. The number of carbonyl (C=O) groups excluding carboxylic acids is 2. The molecule has 0 radical (unpaired) electrons. The van der Waals surface area contributed by atoms with E-state index in [1.807, 2.05) is 11.8 Å². The van der Waals surface area contributed by atoms with E-state index in [2.05, 4.69) is 9.97 Å². The second kappa shape index (κ2) is 9.82. The van der Waals surface area contributed by atoms with E-state index in [-0.39, 0.29) is 0 Å². The summed E-state index contributed by atoms with van der Waals surface area (Å²) in [4.78, 5) is 39.7. The lowest BCUT2D eigenvalue weighted by Gasteiger charge is -2.33. The molecule has 172 valence electrons. The van der Waals surface area contributed by atoms with E-state index in [1.165, 1.54) is 7.11 Å². The van der Waals surface area contributed by atoms with Gasteiger partial charge in [0, 0.05) is 25.4 Å². The summed E-state index contributed by atoms with van der Waals surface area (Å²) in [6.45, 7) is 9.31. The molecule has 1 aliphatic rings. The molecular weight excluding hydrogens is 416 g/mol. The van der Waals surface area contributed by atoms with Gasteiger partial charge in [0.05, 0.1) is 25.8 Å². The van der Waals surface area contributed by atoms with Crippen molar-refractivity contribution in [2.45, 2.75) is 33.3 Å². The van der Waals surface area contributed by atoms with Crippen LogP contribution in [0.25, 0.3) is 0 Å². The third-order valence-electron chi connectivity index (χ3n) is 4.56. The van der Waals surface area contributed by atoms with Crippen LogP contribution < -0.4 is 9.64 Å². The summed E-state index contributed by atoms with van der Waals surface area (Å²) in [7, 11) is 1.33. The molecule has 3 rings (SSSR count). The summed E-state index contributed by atoms with van der Waals surface area (Å²) < 4.78 is 15.9. The summed E-state index contributed by atoms with van der Waals surface area (Å²) in [6, 6.07) is 6.73. The Balaban J connectivity index is 1.62. The molecule has 0 saturated carbocycles. The topological polar surface area (TPSA) is 103 Å². The van der Waals surface area contributed by atoms with Gasteiger partial charge in [-0.3, -0.25) is 0 Å². The van der Waals surface area contributed by atoms with Crippen LogP contribution in [0.3, 0.4) is 0 Å². The minimum atomic E-state index is -0.720. The summed E-state index contributed by atoms with van der Waals surface area (Å²) in [5.41, 5.74) is 0.635. The first-order chi connectivity index (χ1) is 15.1. The van der Waals surface area contributed by atoms with E-state index in [1.54, 1.807) is 56.3 Å². The van der Waals surface area contributed by atoms with E-state index >= 15 is 0 Å². The first-order valence-electron chi connectivity index (χ1n) is 10.3. The fraction of sp³-hybridized carbons (Fsp3) is 0.455. The van der Waals surface area contributed by atoms with Crippen molar-refractivity contribution < 1.29 is 28.6 Å². The van der Waals surface area contributed by atoms with Gasteiger partial charge in [-0.15, -0.1) is 5.06 Å². The van der Waals surface area contributed by atoms with Crippen LogP contribution in [-0.4, -0.2) is 66.0 Å². The van der Waals surface area contributed by atoms with Crippen LogP contribution in [0.15, 0.2) is 30.5 Å². The van der Waals surface area contributed by atoms with E-state index < -0.39 is 17.7 Å². The number of anilines is 1. The van der Waals surface area contributed by atoms with Crippen LogP contribution in [0.1, 0.15) is 36.7 Å². The Bertz CT molecular complexity index is 967. The Morgan fingerprint density at radius 3 is 2.44 bits per heavy atom. The molecule has 1 saturated heterocycles. The zero-order chi connectivity index (χ0) is 23.3. The summed E-state index contributed by atoms with van der Waals surface area (Å²) in [5, 5.41) is 1.56. The van der Waals surface area contributed by atoms with Crippen molar-refractivity contribution in [2.24, 2.45) is 0 Å². The molecule has 0 spiro atoms. The highest BCUT2D eigenvalue weighted by Crippen LogP contribution is 2.26. The molecule has 10 heteroatoms. The maximum Gasteiger partial charge on any atom is 0.528 e. The molecule has 0 amide bonds. The largest absolute Gasteiger partial charge is 0.528 e. The quantitative estimate of drug-likeness (QED) is 0.638. The van der Waals surface area contributed by atoms with Gasteiger partial charge in [0.2, 0.25) is 11.8 Å². The Hall–Kier alpha value is -3.40. The third-order valence-corrected chi connectivity index (χ3v) is 4.56. The van der Waals surface area contributed by atoms with Gasteiger partial charge in [-0.05, 0) is 45.4 Å². The van der Waals surface area contributed by atoms with Crippen LogP contribution in [0, 0.1) is 6.92 Å². The Labute approximate surface area is 187 Å². The van der Waals surface area contributed by atoms with Crippen molar-refractivity contribution in [3.8, 4) is 11.6 Å². The lowest BCUT2D eigenvalue weighted by atomic mass is 10.1. The predicted molar refractivity (Wildman–Crippen MR) is 116 cm³/mol. The average Bonchev–Trinajstić information content (AvgIpc) is 2.74. The lowest BCUT2D eigenvalue weighted by Crippen LogP contribution is -2.48. The first kappa shape index (κ1) is 23.3. The summed E-state index contributed by atoms with van der Waals surface area (Å²) in [6.07, 6.45) is 0.892. The van der Waals surface area contributed by atoms with Crippen molar-refractivity contribution in [2.75, 3.05) is 38.2 Å². The Kier molecular flexibility index (Phi) is 7.14. The minimum absolute atomic E-state index is 0.354. The number of methoxy groups -OCH3 is 1. The second-order valence-electron chi connectivity index (χ2n) is 8.24. The minimum Gasteiger partial charge on any atom is -0.465 e. The van der Waals surface area contributed by atoms with Gasteiger partial charge in [-0.1, -0.05) is 6.07 Å². The predicted octanol–water partition coefficient (Wildman–Crippen LogP) is 3.35. The zero-order valence-electron chi connectivity index (χ0n) is 19.0. The molecule has 0 N–H and O–H groups in total. The number of esters is 1. The van der Waals surface area contributed by atoms with Crippen molar-refractivity contribution in [3.63, 3.8) is 0 Å². The number of hydrogen-bond donors (Lipinski definition) is 0. The number of piperazine rings is 1. The molecule has 2 heterocycles. The number of aryl methyl sites for hydroxylation is 1. The van der Waals surface area contributed by atoms with Crippen LogP contribution >= 0.6 is 0 Å². The monoisotopic (exact) mass is 444 g/mol.